The van der Waals surface area contributed by atoms with Crippen molar-refractivity contribution in [2.45, 2.75) is 37.5 Å². The van der Waals surface area contributed by atoms with Gasteiger partial charge in [0.05, 0.1) is 23.1 Å². The largest absolute Gasteiger partial charge is 0.418 e. The first-order valence-corrected chi connectivity index (χ1v) is 11.5. The van der Waals surface area contributed by atoms with Crippen LogP contribution in [0.1, 0.15) is 30.9 Å². The van der Waals surface area contributed by atoms with E-state index in [1.165, 1.54) is 12.1 Å². The number of carbonyl (C=O) groups excluding carboxylic acids is 3. The summed E-state index contributed by atoms with van der Waals surface area (Å²) in [5.74, 6) is -3.60. The molecule has 0 unspecified atom stereocenters. The summed E-state index contributed by atoms with van der Waals surface area (Å²) in [5.41, 5.74) is -1.54. The highest BCUT2D eigenvalue weighted by Gasteiger charge is 2.75. The van der Waals surface area contributed by atoms with Gasteiger partial charge in [0.2, 0.25) is 11.8 Å². The van der Waals surface area contributed by atoms with Crippen molar-refractivity contribution in [3.05, 3.63) is 59.7 Å². The molecule has 0 radical (unpaired) electrons. The summed E-state index contributed by atoms with van der Waals surface area (Å²) >= 11 is 0. The second kappa shape index (κ2) is 6.91. The average molecular weight is 469 g/mol. The third-order valence-electron chi connectivity index (χ3n) is 7.91. The van der Waals surface area contributed by atoms with Crippen LogP contribution in [0.2, 0.25) is 0 Å². The van der Waals surface area contributed by atoms with E-state index in [0.29, 0.717) is 35.7 Å². The number of benzene rings is 2. The maximum absolute atomic E-state index is 14.0. The Bertz CT molecular complexity index is 1250. The third kappa shape index (κ3) is 2.38. The monoisotopic (exact) mass is 469 g/mol. The third-order valence-corrected chi connectivity index (χ3v) is 7.91. The maximum Gasteiger partial charge on any atom is 0.418 e. The predicted octanol–water partition coefficient (Wildman–Crippen LogP) is 3.55. The molecular weight excluding hydrogens is 447 g/mol. The minimum Gasteiger partial charge on any atom is -0.310 e. The topological polar surface area (TPSA) is 60.9 Å². The van der Waals surface area contributed by atoms with Gasteiger partial charge in [-0.1, -0.05) is 30.3 Å². The summed E-state index contributed by atoms with van der Waals surface area (Å²) in [6.45, 7) is 2.78. The Kier molecular flexibility index (Phi) is 4.34. The van der Waals surface area contributed by atoms with Gasteiger partial charge in [0.15, 0.2) is 0 Å². The van der Waals surface area contributed by atoms with Crippen LogP contribution in [0.4, 0.5) is 24.5 Å². The van der Waals surface area contributed by atoms with Crippen LogP contribution in [0.15, 0.2) is 48.5 Å². The van der Waals surface area contributed by atoms with Crippen molar-refractivity contribution in [3.8, 4) is 0 Å². The molecule has 6 rings (SSSR count). The van der Waals surface area contributed by atoms with Crippen molar-refractivity contribution in [1.82, 2.24) is 4.90 Å². The van der Waals surface area contributed by atoms with Gasteiger partial charge in [0.1, 0.15) is 5.54 Å². The molecule has 34 heavy (non-hydrogen) atoms. The van der Waals surface area contributed by atoms with Crippen LogP contribution in [0.5, 0.6) is 0 Å². The van der Waals surface area contributed by atoms with Gasteiger partial charge in [-0.2, -0.15) is 13.2 Å². The van der Waals surface area contributed by atoms with Crippen molar-refractivity contribution in [1.29, 1.82) is 0 Å². The van der Waals surface area contributed by atoms with E-state index in [9.17, 15) is 27.6 Å². The number of nitrogens with zero attached hydrogens (tertiary/aromatic N) is 3. The number of anilines is 2. The van der Waals surface area contributed by atoms with Gasteiger partial charge in [-0.15, -0.1) is 0 Å². The first kappa shape index (κ1) is 21.3. The summed E-state index contributed by atoms with van der Waals surface area (Å²) in [4.78, 5) is 46.0. The molecule has 4 atom stereocenters. The second-order valence-corrected chi connectivity index (χ2v) is 9.27. The Morgan fingerprint density at radius 2 is 1.65 bits per heavy atom. The lowest BCUT2D eigenvalue weighted by Crippen LogP contribution is -2.56. The van der Waals surface area contributed by atoms with Gasteiger partial charge in [-0.3, -0.25) is 19.3 Å². The number of alkyl halides is 3. The fourth-order valence-corrected chi connectivity index (χ4v) is 6.80. The van der Waals surface area contributed by atoms with E-state index in [2.05, 4.69) is 0 Å². The molecule has 4 aliphatic rings. The number of carbonyl (C=O) groups is 3. The van der Waals surface area contributed by atoms with Gasteiger partial charge < -0.3 is 4.90 Å². The van der Waals surface area contributed by atoms with Crippen LogP contribution >= 0.6 is 0 Å². The molecule has 176 valence electrons. The van der Waals surface area contributed by atoms with E-state index in [0.717, 1.165) is 18.6 Å². The van der Waals surface area contributed by atoms with Gasteiger partial charge in [-0.25, -0.2) is 4.90 Å². The lowest BCUT2D eigenvalue weighted by molar-refractivity contribution is -0.138. The molecule has 0 N–H and O–H groups in total. The quantitative estimate of drug-likeness (QED) is 0.632. The van der Waals surface area contributed by atoms with Crippen LogP contribution in [0, 0.1) is 11.8 Å². The molecule has 0 bridgehead atoms. The Hall–Kier alpha value is -3.20. The first-order chi connectivity index (χ1) is 16.2. The molecule has 3 amide bonds. The number of rotatable bonds is 2. The lowest BCUT2D eigenvalue weighted by Gasteiger charge is -2.37. The Morgan fingerprint density at radius 3 is 2.35 bits per heavy atom. The highest BCUT2D eigenvalue weighted by atomic mass is 19.4. The van der Waals surface area contributed by atoms with Crippen LogP contribution in [-0.4, -0.2) is 41.8 Å². The van der Waals surface area contributed by atoms with E-state index < -0.39 is 46.6 Å². The smallest absolute Gasteiger partial charge is 0.310 e. The van der Waals surface area contributed by atoms with Gasteiger partial charge >= 0.3 is 6.18 Å². The maximum atomic E-state index is 14.0. The molecule has 9 heteroatoms. The van der Waals surface area contributed by atoms with Crippen LogP contribution < -0.4 is 9.80 Å². The zero-order chi connectivity index (χ0) is 24.0. The van der Waals surface area contributed by atoms with E-state index in [4.69, 9.17) is 0 Å². The van der Waals surface area contributed by atoms with Crippen LogP contribution in [-0.2, 0) is 26.1 Å². The highest BCUT2D eigenvalue weighted by Crippen LogP contribution is 2.62. The number of hydrogen-bond acceptors (Lipinski definition) is 4. The van der Waals surface area contributed by atoms with Crippen LogP contribution in [0.25, 0.3) is 0 Å². The average Bonchev–Trinajstić information content (AvgIpc) is 3.50. The number of imide groups is 1. The number of hydrogen-bond donors (Lipinski definition) is 0. The second-order valence-electron chi connectivity index (χ2n) is 9.27. The van der Waals surface area contributed by atoms with E-state index in [1.807, 2.05) is 30.0 Å². The minimum atomic E-state index is -4.74. The Balaban J connectivity index is 1.57. The fourth-order valence-electron chi connectivity index (χ4n) is 6.80. The van der Waals surface area contributed by atoms with Crippen LogP contribution in [0.3, 0.4) is 0 Å². The molecular formula is C25H22F3N3O3. The molecule has 0 aromatic heterocycles. The normalized spacial score (nSPS) is 30.5. The molecule has 4 aliphatic heterocycles. The summed E-state index contributed by atoms with van der Waals surface area (Å²) < 4.78 is 41.4. The summed E-state index contributed by atoms with van der Waals surface area (Å²) in [7, 11) is 0. The van der Waals surface area contributed by atoms with Crippen molar-refractivity contribution in [3.63, 3.8) is 0 Å². The van der Waals surface area contributed by atoms with E-state index in [-0.39, 0.29) is 11.9 Å². The summed E-state index contributed by atoms with van der Waals surface area (Å²) in [6.07, 6.45) is -3.38. The molecule has 1 spiro atoms. The molecule has 0 saturated carbocycles. The number of likely N-dealkylation sites (N-methyl/N-ethyl adjacent to an activating group) is 1. The standard InChI is InChI=1S/C25H22F3N3O3/c1-2-29-16-10-5-3-8-14(16)24(23(29)34)20-19(18-12-7-13-30(18)24)21(32)31(22(20)33)17-11-6-4-9-15(17)25(26,27)28/h3-6,8-11,18-20H,2,7,12-13H2,1H3/t18-,19+,20-,24+/m0/s1. The summed E-state index contributed by atoms with van der Waals surface area (Å²) in [5, 5.41) is 0. The SMILES string of the molecule is CCN1C(=O)[C@@]2(c3ccccc31)[C@@H]1C(=O)N(c3ccccc3C(F)(F)F)C(=O)[C@@H]1[C@@H]1CCCN12. The highest BCUT2D eigenvalue weighted by molar-refractivity contribution is 6.26. The van der Waals surface area contributed by atoms with Gasteiger partial charge in [-0.05, 0) is 44.5 Å². The summed E-state index contributed by atoms with van der Waals surface area (Å²) in [6, 6.07) is 11.5. The zero-order valence-electron chi connectivity index (χ0n) is 18.4. The number of para-hydroxylation sites is 2. The molecule has 3 fully saturated rings. The van der Waals surface area contributed by atoms with Crippen molar-refractivity contribution in [2.24, 2.45) is 11.8 Å². The lowest BCUT2D eigenvalue weighted by atomic mass is 9.75. The first-order valence-electron chi connectivity index (χ1n) is 11.5. The van der Waals surface area contributed by atoms with E-state index in [1.54, 1.807) is 11.0 Å². The molecule has 3 saturated heterocycles. The molecule has 2 aromatic carbocycles. The predicted molar refractivity (Wildman–Crippen MR) is 117 cm³/mol. The molecule has 6 nitrogen and oxygen atoms in total. The minimum absolute atomic E-state index is 0.275. The van der Waals surface area contributed by atoms with Gasteiger partial charge in [0, 0.05) is 23.8 Å². The van der Waals surface area contributed by atoms with Crippen molar-refractivity contribution in [2.75, 3.05) is 22.9 Å². The number of fused-ring (bicyclic) bond motifs is 7. The number of halogens is 3. The Labute approximate surface area is 193 Å². The zero-order valence-corrected chi connectivity index (χ0v) is 18.4. The van der Waals surface area contributed by atoms with E-state index >= 15 is 0 Å². The fraction of sp³-hybridized carbons (Fsp3) is 0.400. The van der Waals surface area contributed by atoms with Crippen molar-refractivity contribution < 1.29 is 27.6 Å². The van der Waals surface area contributed by atoms with Crippen molar-refractivity contribution >= 4 is 29.1 Å². The van der Waals surface area contributed by atoms with Gasteiger partial charge in [0.25, 0.3) is 5.91 Å². The molecule has 4 heterocycles. The number of amides is 3. The molecule has 0 aliphatic carbocycles. The molecule has 2 aromatic rings. The Morgan fingerprint density at radius 1 is 0.971 bits per heavy atom.